The van der Waals surface area contributed by atoms with Crippen LogP contribution in [0.15, 0.2) is 60.9 Å². The van der Waals surface area contributed by atoms with Crippen molar-refractivity contribution in [2.45, 2.75) is 13.8 Å². The van der Waals surface area contributed by atoms with Gasteiger partial charge in [0.05, 0.1) is 0 Å². The third kappa shape index (κ3) is 2.51. The number of aromatic nitrogens is 2. The second-order valence-corrected chi connectivity index (χ2v) is 5.32. The van der Waals surface area contributed by atoms with E-state index in [1.165, 1.54) is 0 Å². The molecule has 0 aliphatic carbocycles. The van der Waals surface area contributed by atoms with E-state index < -0.39 is 5.97 Å². The summed E-state index contributed by atoms with van der Waals surface area (Å²) in [6.45, 7) is 3.98. The predicted molar refractivity (Wildman–Crippen MR) is 81.1 cm³/mol. The Bertz CT molecular complexity index is 752. The molecule has 0 spiro atoms. The van der Waals surface area contributed by atoms with Gasteiger partial charge in [-0.3, -0.25) is 0 Å². The van der Waals surface area contributed by atoms with E-state index in [-0.39, 0.29) is 5.82 Å². The zero-order valence-corrected chi connectivity index (χ0v) is 12.5. The van der Waals surface area contributed by atoms with Gasteiger partial charge >= 0.3 is 5.82 Å². The number of aryl methyl sites for hydroxylation is 2. The summed E-state index contributed by atoms with van der Waals surface area (Å²) in [6, 6.07) is 15.4. The first-order valence-corrected chi connectivity index (χ1v) is 7.05. The average Bonchev–Trinajstić information content (AvgIpc) is 2.94. The molecule has 1 heterocycles. The molecule has 1 aromatic heterocycles. The first kappa shape index (κ1) is 14.1. The molecule has 0 atom stereocenters. The fourth-order valence-corrected chi connectivity index (χ4v) is 2.41. The Morgan fingerprint density at radius 2 is 1.50 bits per heavy atom. The monoisotopic (exact) mass is 292 g/mol. The summed E-state index contributed by atoms with van der Waals surface area (Å²) >= 11 is 0. The zero-order valence-electron chi connectivity index (χ0n) is 12.5. The van der Waals surface area contributed by atoms with Gasteiger partial charge in [0.25, 0.3) is 0 Å². The molecular formula is C18H16N2O2. The number of carbonyl (C=O) groups excluding carboxylic acids is 1. The van der Waals surface area contributed by atoms with Gasteiger partial charge in [-0.1, -0.05) is 35.4 Å². The largest absolute Gasteiger partial charge is 0.538 e. The molecule has 0 saturated carbocycles. The minimum Gasteiger partial charge on any atom is -0.538 e. The van der Waals surface area contributed by atoms with Gasteiger partial charge in [0, 0.05) is 0 Å². The predicted octanol–water partition coefficient (Wildman–Crippen LogP) is 1.73. The molecule has 2 aromatic carbocycles. The summed E-state index contributed by atoms with van der Waals surface area (Å²) in [7, 11) is 0. The van der Waals surface area contributed by atoms with Crippen LogP contribution >= 0.6 is 0 Å². The zero-order chi connectivity index (χ0) is 15.7. The molecule has 0 radical (unpaired) electrons. The summed E-state index contributed by atoms with van der Waals surface area (Å²) in [5.41, 5.74) is 3.82. The number of imidazole rings is 1. The van der Waals surface area contributed by atoms with E-state index in [1.54, 1.807) is 21.5 Å². The highest BCUT2D eigenvalue weighted by molar-refractivity contribution is 5.81. The van der Waals surface area contributed by atoms with E-state index in [0.29, 0.717) is 0 Å². The lowest BCUT2D eigenvalue weighted by Crippen LogP contribution is -2.42. The minimum atomic E-state index is -1.22. The van der Waals surface area contributed by atoms with Gasteiger partial charge in [-0.05, 0) is 38.1 Å². The molecule has 4 nitrogen and oxygen atoms in total. The summed E-state index contributed by atoms with van der Waals surface area (Å²) < 4.78 is 3.24. The van der Waals surface area contributed by atoms with Crippen molar-refractivity contribution < 1.29 is 14.5 Å². The van der Waals surface area contributed by atoms with Crippen molar-refractivity contribution in [3.8, 4) is 11.4 Å². The number of carbonyl (C=O) groups is 1. The summed E-state index contributed by atoms with van der Waals surface area (Å²) in [5, 5.41) is 11.6. The topological polar surface area (TPSA) is 48.9 Å². The first-order chi connectivity index (χ1) is 10.6. The van der Waals surface area contributed by atoms with Crippen LogP contribution in [0.4, 0.5) is 0 Å². The molecule has 0 aliphatic rings. The molecule has 0 unspecified atom stereocenters. The van der Waals surface area contributed by atoms with Gasteiger partial charge < -0.3 is 9.90 Å². The molecule has 0 saturated heterocycles. The van der Waals surface area contributed by atoms with Crippen LogP contribution < -0.4 is 9.67 Å². The van der Waals surface area contributed by atoms with Gasteiger partial charge in [-0.2, -0.15) is 9.13 Å². The van der Waals surface area contributed by atoms with E-state index in [1.807, 2.05) is 62.4 Å². The Labute approximate surface area is 128 Å². The average molecular weight is 292 g/mol. The van der Waals surface area contributed by atoms with Crippen LogP contribution in [-0.4, -0.2) is 10.5 Å². The maximum Gasteiger partial charge on any atom is 0.315 e. The lowest BCUT2D eigenvalue weighted by Gasteiger charge is -2.06. The number of hydrogen-bond acceptors (Lipinski definition) is 2. The standard InChI is InChI=1S/C18H16N2O2/c1-13-3-7-15(8-4-13)19-11-12-20(17(19)18(21)22)16-9-5-14(2)6-10-16/h3-12H,1-2H3. The normalized spacial score (nSPS) is 10.6. The number of benzene rings is 2. The van der Waals surface area contributed by atoms with Crippen molar-refractivity contribution in [2.75, 3.05) is 0 Å². The third-order valence-electron chi connectivity index (χ3n) is 3.63. The molecule has 4 heteroatoms. The number of nitrogens with zero attached hydrogens (tertiary/aromatic N) is 2. The molecule has 3 rings (SSSR count). The van der Waals surface area contributed by atoms with Crippen molar-refractivity contribution in [1.29, 1.82) is 0 Å². The van der Waals surface area contributed by atoms with Crippen LogP contribution in [0.25, 0.3) is 11.4 Å². The van der Waals surface area contributed by atoms with Gasteiger partial charge in [0.2, 0.25) is 0 Å². The van der Waals surface area contributed by atoms with Crippen molar-refractivity contribution >= 4 is 5.97 Å². The fraction of sp³-hybridized carbons (Fsp3) is 0.111. The van der Waals surface area contributed by atoms with Crippen LogP contribution in [-0.2, 0) is 0 Å². The minimum absolute atomic E-state index is 0.0905. The second-order valence-electron chi connectivity index (χ2n) is 5.32. The van der Waals surface area contributed by atoms with Crippen molar-refractivity contribution in [3.05, 3.63) is 77.9 Å². The van der Waals surface area contributed by atoms with Crippen LogP contribution in [0.3, 0.4) is 0 Å². The van der Waals surface area contributed by atoms with Crippen molar-refractivity contribution in [3.63, 3.8) is 0 Å². The van der Waals surface area contributed by atoms with Crippen LogP contribution in [0.1, 0.15) is 21.7 Å². The first-order valence-electron chi connectivity index (χ1n) is 7.05. The molecule has 0 fully saturated rings. The highest BCUT2D eigenvalue weighted by Gasteiger charge is 2.21. The maximum atomic E-state index is 11.6. The quantitative estimate of drug-likeness (QED) is 0.690. The van der Waals surface area contributed by atoms with E-state index in [9.17, 15) is 9.90 Å². The Morgan fingerprint density at radius 1 is 0.955 bits per heavy atom. The van der Waals surface area contributed by atoms with Gasteiger partial charge in [0.15, 0.2) is 5.97 Å². The Hall–Kier alpha value is -2.88. The number of carboxylic acid groups (broad SMARTS) is 1. The van der Waals surface area contributed by atoms with Crippen LogP contribution in [0.2, 0.25) is 0 Å². The number of hydrogen-bond donors (Lipinski definition) is 0. The van der Waals surface area contributed by atoms with Gasteiger partial charge in [-0.15, -0.1) is 0 Å². The molecule has 0 N–H and O–H groups in total. The second kappa shape index (κ2) is 5.48. The Balaban J connectivity index is 2.15. The van der Waals surface area contributed by atoms with Crippen LogP contribution in [0.5, 0.6) is 0 Å². The third-order valence-corrected chi connectivity index (χ3v) is 3.63. The molecule has 22 heavy (non-hydrogen) atoms. The molecular weight excluding hydrogens is 276 g/mol. The molecule has 110 valence electrons. The van der Waals surface area contributed by atoms with E-state index in [2.05, 4.69) is 0 Å². The fourth-order valence-electron chi connectivity index (χ4n) is 2.41. The molecule has 0 amide bonds. The van der Waals surface area contributed by atoms with Gasteiger partial charge in [-0.25, -0.2) is 0 Å². The number of carboxylic acids is 1. The summed E-state index contributed by atoms with van der Waals surface area (Å²) in [6.07, 6.45) is 3.46. The van der Waals surface area contributed by atoms with Crippen molar-refractivity contribution in [2.24, 2.45) is 0 Å². The highest BCUT2D eigenvalue weighted by atomic mass is 16.4. The number of rotatable bonds is 3. The maximum absolute atomic E-state index is 11.6. The molecule has 0 aliphatic heterocycles. The molecule has 3 aromatic rings. The van der Waals surface area contributed by atoms with Crippen LogP contribution in [0, 0.1) is 13.8 Å². The summed E-state index contributed by atoms with van der Waals surface area (Å²) in [5.74, 6) is -1.13. The Kier molecular flexibility index (Phi) is 3.51. The SMILES string of the molecule is Cc1ccc(-n2cc[n+](-c3ccc(C)cc3)c2C(=O)[O-])cc1. The van der Waals surface area contributed by atoms with Gasteiger partial charge in [0.1, 0.15) is 23.8 Å². The lowest BCUT2D eigenvalue weighted by atomic mass is 10.2. The number of aromatic carboxylic acids is 1. The Morgan fingerprint density at radius 3 is 2.05 bits per heavy atom. The van der Waals surface area contributed by atoms with E-state index in [0.717, 1.165) is 22.5 Å². The van der Waals surface area contributed by atoms with E-state index in [4.69, 9.17) is 0 Å². The summed E-state index contributed by atoms with van der Waals surface area (Å²) in [4.78, 5) is 11.6. The van der Waals surface area contributed by atoms with Crippen molar-refractivity contribution in [1.82, 2.24) is 4.57 Å². The lowest BCUT2D eigenvalue weighted by molar-refractivity contribution is -0.600. The molecule has 0 bridgehead atoms. The highest BCUT2D eigenvalue weighted by Crippen LogP contribution is 2.13. The van der Waals surface area contributed by atoms with E-state index >= 15 is 0 Å². The smallest absolute Gasteiger partial charge is 0.315 e.